The molecule has 5 nitrogen and oxygen atoms in total. The van der Waals surface area contributed by atoms with Crippen molar-refractivity contribution in [3.8, 4) is 0 Å². The molecule has 0 fully saturated rings. The first-order chi connectivity index (χ1) is 6.41. The molecule has 0 spiro atoms. The van der Waals surface area contributed by atoms with E-state index < -0.39 is 0 Å². The molecule has 0 aliphatic heterocycles. The van der Waals surface area contributed by atoms with Crippen LogP contribution in [-0.4, -0.2) is 21.1 Å². The molecule has 0 radical (unpaired) electrons. The van der Waals surface area contributed by atoms with E-state index in [0.717, 1.165) is 0 Å². The third kappa shape index (κ3) is 2.55. The second kappa shape index (κ2) is 3.77. The van der Waals surface area contributed by atoms with Crippen LogP contribution in [-0.2, 0) is 4.79 Å². The maximum atomic E-state index is 11.7. The van der Waals surface area contributed by atoms with Crippen molar-refractivity contribution < 1.29 is 4.79 Å². The molecule has 0 aromatic carbocycles. The van der Waals surface area contributed by atoms with E-state index in [9.17, 15) is 4.79 Å². The van der Waals surface area contributed by atoms with Gasteiger partial charge in [-0.25, -0.2) is 5.10 Å². The van der Waals surface area contributed by atoms with E-state index in [1.165, 1.54) is 6.33 Å². The molecule has 1 aromatic heterocycles. The number of H-pyrrole nitrogens is 1. The molecule has 1 unspecified atom stereocenters. The van der Waals surface area contributed by atoms with E-state index in [-0.39, 0.29) is 17.2 Å². The van der Waals surface area contributed by atoms with Crippen LogP contribution in [0.1, 0.15) is 27.7 Å². The van der Waals surface area contributed by atoms with Crippen LogP contribution in [0.4, 0.5) is 5.95 Å². The summed E-state index contributed by atoms with van der Waals surface area (Å²) in [6, 6.07) is 0. The van der Waals surface area contributed by atoms with E-state index in [4.69, 9.17) is 0 Å². The Labute approximate surface area is 83.3 Å². The van der Waals surface area contributed by atoms with Crippen molar-refractivity contribution in [3.63, 3.8) is 0 Å². The number of carbonyl (C=O) groups is 1. The fourth-order valence-electron chi connectivity index (χ4n) is 0.884. The van der Waals surface area contributed by atoms with Crippen LogP contribution < -0.4 is 5.32 Å². The topological polar surface area (TPSA) is 70.7 Å². The molecule has 0 bridgehead atoms. The molecule has 0 aliphatic rings. The number of anilines is 1. The summed E-state index contributed by atoms with van der Waals surface area (Å²) in [5.74, 6) is 0.271. The first-order valence-electron chi connectivity index (χ1n) is 4.57. The summed E-state index contributed by atoms with van der Waals surface area (Å²) in [6.45, 7) is 7.97. The van der Waals surface area contributed by atoms with E-state index >= 15 is 0 Å². The molecule has 78 valence electrons. The Balaban J connectivity index is 2.59. The first kappa shape index (κ1) is 10.7. The molecular formula is C9H16N4O. The van der Waals surface area contributed by atoms with Gasteiger partial charge in [0.1, 0.15) is 6.33 Å². The van der Waals surface area contributed by atoms with Gasteiger partial charge in [0.05, 0.1) is 0 Å². The predicted molar refractivity (Wildman–Crippen MR) is 53.6 cm³/mol. The van der Waals surface area contributed by atoms with Crippen LogP contribution in [0.5, 0.6) is 0 Å². The van der Waals surface area contributed by atoms with E-state index in [1.807, 2.05) is 27.7 Å². The minimum Gasteiger partial charge on any atom is -0.295 e. The normalized spacial score (nSPS) is 13.7. The summed E-state index contributed by atoms with van der Waals surface area (Å²) in [5, 5.41) is 8.89. The van der Waals surface area contributed by atoms with Crippen LogP contribution in [0.3, 0.4) is 0 Å². The lowest BCUT2D eigenvalue weighted by molar-refractivity contribution is -0.122. The van der Waals surface area contributed by atoms with Crippen LogP contribution in [0.25, 0.3) is 0 Å². The molecule has 5 heteroatoms. The minimum absolute atomic E-state index is 0.0470. The summed E-state index contributed by atoms with van der Waals surface area (Å²) >= 11 is 0. The highest BCUT2D eigenvalue weighted by molar-refractivity contribution is 5.91. The molecule has 1 amide bonds. The standard InChI is InChI=1S/C9H16N4O/c1-6(9(2,3)4)7(14)12-8-10-5-11-13-8/h5-6H,1-4H3,(H2,10,11,12,13,14). The van der Waals surface area contributed by atoms with Gasteiger partial charge in [-0.3, -0.25) is 10.1 Å². The first-order valence-corrected chi connectivity index (χ1v) is 4.57. The third-order valence-electron chi connectivity index (χ3n) is 2.35. The summed E-state index contributed by atoms with van der Waals surface area (Å²) in [5.41, 5.74) is -0.0515. The summed E-state index contributed by atoms with van der Waals surface area (Å²) in [6.07, 6.45) is 1.36. The number of aromatic amines is 1. The van der Waals surface area contributed by atoms with Gasteiger partial charge >= 0.3 is 0 Å². The third-order valence-corrected chi connectivity index (χ3v) is 2.35. The number of hydrogen-bond acceptors (Lipinski definition) is 3. The van der Waals surface area contributed by atoms with Crippen molar-refractivity contribution in [1.82, 2.24) is 15.2 Å². The molecular weight excluding hydrogens is 180 g/mol. The highest BCUT2D eigenvalue weighted by atomic mass is 16.2. The molecule has 1 rings (SSSR count). The lowest BCUT2D eigenvalue weighted by atomic mass is 9.81. The van der Waals surface area contributed by atoms with Crippen LogP contribution in [0.15, 0.2) is 6.33 Å². The second-order valence-corrected chi connectivity index (χ2v) is 4.41. The number of hydrogen-bond donors (Lipinski definition) is 2. The van der Waals surface area contributed by atoms with Crippen molar-refractivity contribution >= 4 is 11.9 Å². The molecule has 1 heterocycles. The zero-order valence-corrected chi connectivity index (χ0v) is 8.96. The highest BCUT2D eigenvalue weighted by Gasteiger charge is 2.27. The van der Waals surface area contributed by atoms with Gasteiger partial charge in [-0.1, -0.05) is 27.7 Å². The van der Waals surface area contributed by atoms with Crippen molar-refractivity contribution in [2.45, 2.75) is 27.7 Å². The number of rotatable bonds is 2. The van der Waals surface area contributed by atoms with Gasteiger partial charge in [-0.05, 0) is 5.41 Å². The number of aromatic nitrogens is 3. The number of nitrogens with one attached hydrogen (secondary N) is 2. The number of nitrogens with zero attached hydrogens (tertiary/aromatic N) is 2. The molecule has 14 heavy (non-hydrogen) atoms. The van der Waals surface area contributed by atoms with Crippen molar-refractivity contribution in [3.05, 3.63) is 6.33 Å². The van der Waals surface area contributed by atoms with Gasteiger partial charge < -0.3 is 0 Å². The summed E-state index contributed by atoms with van der Waals surface area (Å²) in [7, 11) is 0. The van der Waals surface area contributed by atoms with E-state index in [2.05, 4.69) is 20.5 Å². The molecule has 0 saturated heterocycles. The number of amides is 1. The fourth-order valence-corrected chi connectivity index (χ4v) is 0.884. The lowest BCUT2D eigenvalue weighted by Crippen LogP contribution is -2.31. The Bertz CT molecular complexity index is 299. The van der Waals surface area contributed by atoms with Gasteiger partial charge in [0, 0.05) is 5.92 Å². The molecule has 0 saturated carbocycles. The average molecular weight is 196 g/mol. The molecule has 1 atom stereocenters. The zero-order chi connectivity index (χ0) is 10.8. The smallest absolute Gasteiger partial charge is 0.230 e. The van der Waals surface area contributed by atoms with Crippen LogP contribution in [0.2, 0.25) is 0 Å². The van der Waals surface area contributed by atoms with Gasteiger partial charge in [0.2, 0.25) is 11.9 Å². The Kier molecular flexibility index (Phi) is 2.88. The van der Waals surface area contributed by atoms with Crippen molar-refractivity contribution in [1.29, 1.82) is 0 Å². The molecule has 1 aromatic rings. The highest BCUT2D eigenvalue weighted by Crippen LogP contribution is 2.25. The van der Waals surface area contributed by atoms with Crippen LogP contribution >= 0.6 is 0 Å². The minimum atomic E-state index is -0.0763. The SMILES string of the molecule is CC(C(=O)Nc1ncn[nH]1)C(C)(C)C. The largest absolute Gasteiger partial charge is 0.295 e. The second-order valence-electron chi connectivity index (χ2n) is 4.41. The maximum absolute atomic E-state index is 11.7. The average Bonchev–Trinajstić information content (AvgIpc) is 2.53. The van der Waals surface area contributed by atoms with Crippen molar-refractivity contribution in [2.24, 2.45) is 11.3 Å². The Morgan fingerprint density at radius 3 is 2.64 bits per heavy atom. The lowest BCUT2D eigenvalue weighted by Gasteiger charge is -2.25. The van der Waals surface area contributed by atoms with Gasteiger partial charge in [0.25, 0.3) is 0 Å². The van der Waals surface area contributed by atoms with Crippen molar-refractivity contribution in [2.75, 3.05) is 5.32 Å². The Morgan fingerprint density at radius 2 is 2.21 bits per heavy atom. The summed E-state index contributed by atoms with van der Waals surface area (Å²) in [4.78, 5) is 15.5. The predicted octanol–water partition coefficient (Wildman–Crippen LogP) is 1.43. The monoisotopic (exact) mass is 196 g/mol. The maximum Gasteiger partial charge on any atom is 0.230 e. The quantitative estimate of drug-likeness (QED) is 0.751. The van der Waals surface area contributed by atoms with Gasteiger partial charge in [-0.2, -0.15) is 10.1 Å². The zero-order valence-electron chi connectivity index (χ0n) is 8.96. The van der Waals surface area contributed by atoms with E-state index in [1.54, 1.807) is 0 Å². The van der Waals surface area contributed by atoms with Gasteiger partial charge in [-0.15, -0.1) is 0 Å². The number of carbonyl (C=O) groups excluding carboxylic acids is 1. The Hall–Kier alpha value is -1.39. The van der Waals surface area contributed by atoms with Crippen LogP contribution in [0, 0.1) is 11.3 Å². The summed E-state index contributed by atoms with van der Waals surface area (Å²) < 4.78 is 0. The molecule has 2 N–H and O–H groups in total. The molecule has 0 aliphatic carbocycles. The Morgan fingerprint density at radius 1 is 1.57 bits per heavy atom. The fraction of sp³-hybridized carbons (Fsp3) is 0.667. The van der Waals surface area contributed by atoms with Gasteiger partial charge in [0.15, 0.2) is 0 Å². The van der Waals surface area contributed by atoms with E-state index in [0.29, 0.717) is 5.95 Å².